The highest BCUT2D eigenvalue weighted by Crippen LogP contribution is 2.33. The van der Waals surface area contributed by atoms with E-state index in [1.54, 1.807) is 0 Å². The molecule has 0 aromatic rings. The second kappa shape index (κ2) is 19.2. The van der Waals surface area contributed by atoms with Gasteiger partial charge < -0.3 is 31.3 Å². The van der Waals surface area contributed by atoms with Crippen LogP contribution in [0.5, 0.6) is 0 Å². The number of amides is 1. The highest BCUT2D eigenvalue weighted by Gasteiger charge is 2.45. The minimum Gasteiger partial charge on any atom is -0.438 e. The average Bonchev–Trinajstić information content (AvgIpc) is 2.89. The van der Waals surface area contributed by atoms with Crippen LogP contribution < -0.4 is 5.32 Å². The summed E-state index contributed by atoms with van der Waals surface area (Å²) in [6.07, 6.45) is -2.56. The quantitative estimate of drug-likeness (QED) is 0.136. The van der Waals surface area contributed by atoms with E-state index in [2.05, 4.69) is 26.1 Å². The Labute approximate surface area is 244 Å². The maximum Gasteiger partial charge on any atom is 0.500 e. The van der Waals surface area contributed by atoms with Crippen LogP contribution in [0.25, 0.3) is 0 Å². The Kier molecular flexibility index (Phi) is 18.2. The smallest absolute Gasteiger partial charge is 0.438 e. The van der Waals surface area contributed by atoms with Gasteiger partial charge in [0, 0.05) is 39.0 Å². The van der Waals surface area contributed by atoms with E-state index in [4.69, 9.17) is 25.9 Å². The molecule has 1 heterocycles. The Balaban J connectivity index is 2.92. The van der Waals surface area contributed by atoms with Gasteiger partial charge >= 0.3 is 32.8 Å². The van der Waals surface area contributed by atoms with Gasteiger partial charge in [0.2, 0.25) is 5.91 Å². The number of hydrogen-bond acceptors (Lipinski definition) is 7. The van der Waals surface area contributed by atoms with Crippen molar-refractivity contribution in [3.8, 4) is 0 Å². The largest absolute Gasteiger partial charge is 0.500 e. The minimum absolute atomic E-state index is 0.230. The average molecular weight is 650 g/mol. The molecule has 0 aromatic heterocycles. The number of halogens is 3. The first-order valence-electron chi connectivity index (χ1n) is 15.2. The van der Waals surface area contributed by atoms with Crippen molar-refractivity contribution in [3.05, 3.63) is 0 Å². The molecule has 0 aromatic carbocycles. The van der Waals surface area contributed by atoms with Crippen molar-refractivity contribution >= 4 is 40.9 Å². The highest BCUT2D eigenvalue weighted by molar-refractivity contribution is 6.82. The molecular formula is C25H54F3NO7Si4. The Morgan fingerprint density at radius 1 is 0.925 bits per heavy atom. The van der Waals surface area contributed by atoms with Crippen LogP contribution in [0.1, 0.15) is 73.6 Å². The van der Waals surface area contributed by atoms with E-state index < -0.39 is 53.5 Å². The first kappa shape index (κ1) is 37.9. The third kappa shape index (κ3) is 13.9. The lowest BCUT2D eigenvalue weighted by Crippen LogP contribution is -2.53. The van der Waals surface area contributed by atoms with E-state index in [0.717, 1.165) is 61.6 Å². The minimum atomic E-state index is -4.49. The molecule has 3 atom stereocenters. The molecule has 40 heavy (non-hydrogen) atoms. The number of carbonyl (C=O) groups is 1. The molecule has 0 spiro atoms. The summed E-state index contributed by atoms with van der Waals surface area (Å²) in [4.78, 5) is 11.6. The van der Waals surface area contributed by atoms with Crippen molar-refractivity contribution < 1.29 is 43.9 Å². The van der Waals surface area contributed by atoms with Gasteiger partial charge in [-0.25, -0.2) is 0 Å². The molecular weight excluding hydrogens is 596 g/mol. The fraction of sp³-hybridized carbons (Fsp3) is 0.960. The Hall–Kier alpha value is -0.112. The van der Waals surface area contributed by atoms with Crippen LogP contribution in [0.2, 0.25) is 42.3 Å². The van der Waals surface area contributed by atoms with Crippen LogP contribution in [-0.2, 0) is 30.7 Å². The standard InChI is InChI=1S/C25H54F3NO7Si4/c1-7-31-40(32-8-2,33-9-3)22-16-21-39(12-6)34-18-13-14-19-38(11-5,35-37(10-4)36-39)20-15-17-29-24(30)23-25(26,27)28/h37H,7-23H2,1-6H3,(H,29,30). The van der Waals surface area contributed by atoms with E-state index in [0.29, 0.717) is 32.8 Å². The molecule has 0 saturated carbocycles. The fourth-order valence-electron chi connectivity index (χ4n) is 5.18. The molecule has 0 aliphatic carbocycles. The van der Waals surface area contributed by atoms with Crippen molar-refractivity contribution in [1.82, 2.24) is 5.32 Å². The summed E-state index contributed by atoms with van der Waals surface area (Å²) >= 11 is 0. The molecule has 238 valence electrons. The SMILES string of the molecule is CCO[Si](CCC[Si]1(CC)OCCCC[Si](CC)(CCCNC(=O)CC(F)(F)F)O[SiH](CC)O1)(OCC)OCC. The van der Waals surface area contributed by atoms with Crippen LogP contribution in [0.15, 0.2) is 0 Å². The van der Waals surface area contributed by atoms with Crippen LogP contribution in [0.4, 0.5) is 13.2 Å². The van der Waals surface area contributed by atoms with Crippen LogP contribution in [-0.4, -0.2) is 80.0 Å². The van der Waals surface area contributed by atoms with E-state index >= 15 is 0 Å². The predicted octanol–water partition coefficient (Wildman–Crippen LogP) is 6.40. The number of nitrogens with one attached hydrogen (secondary N) is 1. The van der Waals surface area contributed by atoms with Gasteiger partial charge in [0.15, 0.2) is 8.32 Å². The molecule has 0 bridgehead atoms. The van der Waals surface area contributed by atoms with E-state index in [9.17, 15) is 18.0 Å². The lowest BCUT2D eigenvalue weighted by atomic mass is 10.4. The normalized spacial score (nSPS) is 25.1. The molecule has 8 nitrogen and oxygen atoms in total. The van der Waals surface area contributed by atoms with Gasteiger partial charge in [-0.15, -0.1) is 0 Å². The van der Waals surface area contributed by atoms with Gasteiger partial charge in [-0.05, 0) is 76.3 Å². The number of rotatable bonds is 18. The first-order valence-corrected chi connectivity index (χ1v) is 23.7. The van der Waals surface area contributed by atoms with Crippen molar-refractivity contribution in [2.24, 2.45) is 0 Å². The number of carbonyl (C=O) groups excluding carboxylic acids is 1. The zero-order valence-electron chi connectivity index (χ0n) is 25.6. The van der Waals surface area contributed by atoms with Crippen molar-refractivity contribution in [2.45, 2.75) is 122 Å². The van der Waals surface area contributed by atoms with Crippen LogP contribution in [0, 0.1) is 0 Å². The Morgan fingerprint density at radius 2 is 1.57 bits per heavy atom. The Bertz CT molecular complexity index is 697. The molecule has 1 amide bonds. The fourth-order valence-corrected chi connectivity index (χ4v) is 21.9. The van der Waals surface area contributed by atoms with E-state index in [-0.39, 0.29) is 6.54 Å². The van der Waals surface area contributed by atoms with Crippen molar-refractivity contribution in [2.75, 3.05) is 33.0 Å². The van der Waals surface area contributed by atoms with Gasteiger partial charge in [0.25, 0.3) is 0 Å². The van der Waals surface area contributed by atoms with Crippen LogP contribution >= 0.6 is 0 Å². The van der Waals surface area contributed by atoms with Gasteiger partial charge in [-0.2, -0.15) is 13.2 Å². The number of alkyl halides is 3. The van der Waals surface area contributed by atoms with Gasteiger partial charge in [-0.3, -0.25) is 4.79 Å². The maximum atomic E-state index is 12.5. The van der Waals surface area contributed by atoms with Crippen molar-refractivity contribution in [3.63, 3.8) is 0 Å². The van der Waals surface area contributed by atoms with Gasteiger partial charge in [0.05, 0.1) is 0 Å². The molecule has 1 saturated heterocycles. The summed E-state index contributed by atoms with van der Waals surface area (Å²) in [5.41, 5.74) is 0. The molecule has 1 rings (SSSR count). The van der Waals surface area contributed by atoms with Gasteiger partial charge in [0.1, 0.15) is 6.42 Å². The lowest BCUT2D eigenvalue weighted by molar-refractivity contribution is -0.153. The van der Waals surface area contributed by atoms with Gasteiger partial charge in [-0.1, -0.05) is 27.2 Å². The lowest BCUT2D eigenvalue weighted by Gasteiger charge is -2.40. The summed E-state index contributed by atoms with van der Waals surface area (Å²) in [6.45, 7) is 14.8. The number of hydrogen-bond donors (Lipinski definition) is 1. The third-order valence-corrected chi connectivity index (χ3v) is 23.6. The maximum absolute atomic E-state index is 12.5. The molecule has 15 heteroatoms. The van der Waals surface area contributed by atoms with E-state index in [1.165, 1.54) is 0 Å². The summed E-state index contributed by atoms with van der Waals surface area (Å²) in [7, 11) is -9.55. The monoisotopic (exact) mass is 649 g/mol. The summed E-state index contributed by atoms with van der Waals surface area (Å²) in [5, 5.41) is 2.43. The molecule has 1 aliphatic rings. The summed E-state index contributed by atoms with van der Waals surface area (Å²) < 4.78 is 76.1. The zero-order chi connectivity index (χ0) is 30.1. The third-order valence-electron chi connectivity index (χ3n) is 7.26. The summed E-state index contributed by atoms with van der Waals surface area (Å²) in [5.74, 6) is -0.975. The molecule has 0 radical (unpaired) electrons. The Morgan fingerprint density at radius 3 is 2.10 bits per heavy atom. The molecule has 1 N–H and O–H groups in total. The topological polar surface area (TPSA) is 84.5 Å². The molecule has 1 fully saturated rings. The first-order chi connectivity index (χ1) is 19.0. The highest BCUT2D eigenvalue weighted by atomic mass is 28.5. The van der Waals surface area contributed by atoms with Crippen LogP contribution in [0.3, 0.4) is 0 Å². The molecule has 3 unspecified atom stereocenters. The zero-order valence-corrected chi connectivity index (χ0v) is 29.7. The van der Waals surface area contributed by atoms with E-state index in [1.807, 2.05) is 20.8 Å². The predicted molar refractivity (Wildman–Crippen MR) is 160 cm³/mol. The second-order valence-corrected chi connectivity index (χ2v) is 23.9. The summed E-state index contributed by atoms with van der Waals surface area (Å²) in [6, 6.07) is 5.89. The van der Waals surface area contributed by atoms with Crippen molar-refractivity contribution in [1.29, 1.82) is 0 Å². The molecule has 1 aliphatic heterocycles. The second-order valence-electron chi connectivity index (χ2n) is 10.3.